The zero-order chi connectivity index (χ0) is 16.7. The third kappa shape index (κ3) is 5.95. The van der Waals surface area contributed by atoms with Crippen LogP contribution in [-0.4, -0.2) is 48.4 Å². The first-order valence-corrected chi connectivity index (χ1v) is 9.04. The smallest absolute Gasteiger partial charge is 0.409 e. The van der Waals surface area contributed by atoms with E-state index in [4.69, 9.17) is 16.3 Å². The number of nitrogens with one attached hydrogen (secondary N) is 1. The Morgan fingerprint density at radius 3 is 2.57 bits per heavy atom. The van der Waals surface area contributed by atoms with Gasteiger partial charge >= 0.3 is 6.09 Å². The van der Waals surface area contributed by atoms with E-state index < -0.39 is 0 Å². The molecule has 1 saturated heterocycles. The molecule has 1 N–H and O–H groups in total. The average Bonchev–Trinajstić information content (AvgIpc) is 2.55. The topological polar surface area (TPSA) is 58.6 Å². The van der Waals surface area contributed by atoms with Crippen LogP contribution < -0.4 is 5.32 Å². The molecule has 23 heavy (non-hydrogen) atoms. The zero-order valence-electron chi connectivity index (χ0n) is 13.1. The van der Waals surface area contributed by atoms with Crippen LogP contribution in [0.5, 0.6) is 0 Å². The molecule has 5 nitrogen and oxygen atoms in total. The fourth-order valence-corrected chi connectivity index (χ4v) is 3.21. The van der Waals surface area contributed by atoms with Crippen LogP contribution in [0.3, 0.4) is 0 Å². The first-order valence-electron chi connectivity index (χ1n) is 7.68. The van der Waals surface area contributed by atoms with Gasteiger partial charge < -0.3 is 15.0 Å². The van der Waals surface area contributed by atoms with Crippen molar-refractivity contribution in [3.8, 4) is 0 Å². The van der Waals surface area contributed by atoms with Gasteiger partial charge in [-0.1, -0.05) is 11.6 Å². The van der Waals surface area contributed by atoms with Crippen molar-refractivity contribution in [3.05, 3.63) is 29.3 Å². The van der Waals surface area contributed by atoms with E-state index in [0.29, 0.717) is 30.5 Å². The van der Waals surface area contributed by atoms with E-state index in [2.05, 4.69) is 5.32 Å². The van der Waals surface area contributed by atoms with Crippen molar-refractivity contribution in [2.75, 3.05) is 25.4 Å². The summed E-state index contributed by atoms with van der Waals surface area (Å²) in [5.41, 5.74) is 0. The number of hydrogen-bond acceptors (Lipinski definition) is 4. The van der Waals surface area contributed by atoms with Crippen LogP contribution in [0.1, 0.15) is 19.8 Å². The molecule has 0 saturated carbocycles. The van der Waals surface area contributed by atoms with E-state index in [1.165, 1.54) is 11.8 Å². The van der Waals surface area contributed by atoms with Crippen LogP contribution in [-0.2, 0) is 9.53 Å². The minimum Gasteiger partial charge on any atom is -0.450 e. The van der Waals surface area contributed by atoms with Gasteiger partial charge in [0.1, 0.15) is 0 Å². The number of benzene rings is 1. The van der Waals surface area contributed by atoms with Crippen LogP contribution in [0.25, 0.3) is 0 Å². The summed E-state index contributed by atoms with van der Waals surface area (Å²) >= 11 is 7.31. The summed E-state index contributed by atoms with van der Waals surface area (Å²) in [6.07, 6.45) is 1.25. The Morgan fingerprint density at radius 1 is 1.30 bits per heavy atom. The monoisotopic (exact) mass is 356 g/mol. The molecule has 0 radical (unpaired) electrons. The Kier molecular flexibility index (Phi) is 7.05. The molecule has 2 rings (SSSR count). The molecule has 1 aromatic rings. The van der Waals surface area contributed by atoms with Gasteiger partial charge in [0.2, 0.25) is 5.91 Å². The second-order valence-corrected chi connectivity index (χ2v) is 6.76. The molecule has 2 amide bonds. The predicted molar refractivity (Wildman–Crippen MR) is 91.9 cm³/mol. The molecule has 0 spiro atoms. The fraction of sp³-hybridized carbons (Fsp3) is 0.500. The van der Waals surface area contributed by atoms with Crippen molar-refractivity contribution in [1.29, 1.82) is 0 Å². The lowest BCUT2D eigenvalue weighted by Crippen LogP contribution is -2.47. The van der Waals surface area contributed by atoms with Crippen molar-refractivity contribution in [2.24, 2.45) is 0 Å². The molecule has 0 unspecified atom stereocenters. The number of nitrogens with zero attached hydrogens (tertiary/aromatic N) is 1. The third-order valence-corrected chi connectivity index (χ3v) is 4.83. The van der Waals surface area contributed by atoms with Crippen LogP contribution in [0.4, 0.5) is 4.79 Å². The summed E-state index contributed by atoms with van der Waals surface area (Å²) in [5.74, 6) is 0.388. The number of halogens is 1. The van der Waals surface area contributed by atoms with E-state index in [-0.39, 0.29) is 18.0 Å². The highest BCUT2D eigenvalue weighted by Gasteiger charge is 2.24. The first kappa shape index (κ1) is 17.9. The first-order chi connectivity index (χ1) is 11.1. The van der Waals surface area contributed by atoms with Crippen LogP contribution in [0, 0.1) is 0 Å². The maximum absolute atomic E-state index is 12.0. The number of ether oxygens (including phenoxy) is 1. The molecule has 126 valence electrons. The molecular formula is C16H21ClN2O3S. The van der Waals surface area contributed by atoms with E-state index in [1.807, 2.05) is 24.3 Å². The summed E-state index contributed by atoms with van der Waals surface area (Å²) in [5, 5.41) is 3.71. The lowest BCUT2D eigenvalue weighted by Gasteiger charge is -2.31. The molecular weight excluding hydrogens is 336 g/mol. The minimum atomic E-state index is -0.268. The SMILES string of the molecule is CCOC(=O)N1CCC(NC(=O)CSc2ccc(Cl)cc2)CC1. The summed E-state index contributed by atoms with van der Waals surface area (Å²) in [6, 6.07) is 7.55. The Morgan fingerprint density at radius 2 is 1.96 bits per heavy atom. The van der Waals surface area contributed by atoms with Crippen molar-refractivity contribution >= 4 is 35.4 Å². The Hall–Kier alpha value is -1.40. The van der Waals surface area contributed by atoms with Gasteiger partial charge in [-0.05, 0) is 44.0 Å². The normalized spacial score (nSPS) is 15.3. The van der Waals surface area contributed by atoms with Gasteiger partial charge in [0.15, 0.2) is 0 Å². The Balaban J connectivity index is 1.68. The van der Waals surface area contributed by atoms with Gasteiger partial charge in [-0.15, -0.1) is 11.8 Å². The van der Waals surface area contributed by atoms with Gasteiger partial charge in [-0.25, -0.2) is 4.79 Å². The molecule has 1 fully saturated rings. The number of thioether (sulfide) groups is 1. The van der Waals surface area contributed by atoms with Crippen LogP contribution >= 0.6 is 23.4 Å². The number of piperidine rings is 1. The number of carbonyl (C=O) groups is 2. The van der Waals surface area contributed by atoms with Gasteiger partial charge in [-0.3, -0.25) is 4.79 Å². The van der Waals surface area contributed by atoms with E-state index >= 15 is 0 Å². The maximum Gasteiger partial charge on any atom is 0.409 e. The minimum absolute atomic E-state index is 0.0135. The molecule has 1 aliphatic rings. The zero-order valence-corrected chi connectivity index (χ0v) is 14.7. The van der Waals surface area contributed by atoms with Crippen molar-refractivity contribution in [2.45, 2.75) is 30.7 Å². The van der Waals surface area contributed by atoms with E-state index in [9.17, 15) is 9.59 Å². The Bertz CT molecular complexity index is 531. The number of carbonyl (C=O) groups excluding carboxylic acids is 2. The summed E-state index contributed by atoms with van der Waals surface area (Å²) in [7, 11) is 0. The largest absolute Gasteiger partial charge is 0.450 e. The molecule has 0 bridgehead atoms. The highest BCUT2D eigenvalue weighted by molar-refractivity contribution is 8.00. The second kappa shape index (κ2) is 9.03. The van der Waals surface area contributed by atoms with Crippen molar-refractivity contribution in [1.82, 2.24) is 10.2 Å². The fourth-order valence-electron chi connectivity index (χ4n) is 2.37. The van der Waals surface area contributed by atoms with E-state index in [1.54, 1.807) is 11.8 Å². The predicted octanol–water partition coefficient (Wildman–Crippen LogP) is 3.17. The van der Waals surface area contributed by atoms with Crippen molar-refractivity contribution < 1.29 is 14.3 Å². The van der Waals surface area contributed by atoms with Crippen LogP contribution in [0.2, 0.25) is 5.02 Å². The molecule has 1 heterocycles. The highest BCUT2D eigenvalue weighted by Crippen LogP contribution is 2.20. The number of amides is 2. The third-order valence-electron chi connectivity index (χ3n) is 3.57. The maximum atomic E-state index is 12.0. The summed E-state index contributed by atoms with van der Waals surface area (Å²) < 4.78 is 4.98. The Labute approximate surface area is 145 Å². The molecule has 0 atom stereocenters. The van der Waals surface area contributed by atoms with Gasteiger partial charge in [0.05, 0.1) is 12.4 Å². The standard InChI is InChI=1S/C16H21ClN2O3S/c1-2-22-16(21)19-9-7-13(8-10-19)18-15(20)11-23-14-5-3-12(17)4-6-14/h3-6,13H,2,7-11H2,1H3,(H,18,20). The molecule has 7 heteroatoms. The summed E-state index contributed by atoms with van der Waals surface area (Å²) in [6.45, 7) is 3.42. The van der Waals surface area contributed by atoms with Gasteiger partial charge in [0, 0.05) is 29.0 Å². The quantitative estimate of drug-likeness (QED) is 0.823. The van der Waals surface area contributed by atoms with Gasteiger partial charge in [0.25, 0.3) is 0 Å². The molecule has 0 aliphatic carbocycles. The summed E-state index contributed by atoms with van der Waals surface area (Å²) in [4.78, 5) is 26.3. The second-order valence-electron chi connectivity index (χ2n) is 5.27. The number of likely N-dealkylation sites (tertiary alicyclic amines) is 1. The molecule has 0 aromatic heterocycles. The lowest BCUT2D eigenvalue weighted by molar-refractivity contribution is -0.119. The van der Waals surface area contributed by atoms with Crippen LogP contribution in [0.15, 0.2) is 29.2 Å². The van der Waals surface area contributed by atoms with Crippen molar-refractivity contribution in [3.63, 3.8) is 0 Å². The van der Waals surface area contributed by atoms with Gasteiger partial charge in [-0.2, -0.15) is 0 Å². The molecule has 1 aromatic carbocycles. The lowest BCUT2D eigenvalue weighted by atomic mass is 10.1. The number of rotatable bonds is 5. The number of hydrogen-bond donors (Lipinski definition) is 1. The molecule has 1 aliphatic heterocycles. The average molecular weight is 357 g/mol. The highest BCUT2D eigenvalue weighted by atomic mass is 35.5. The van der Waals surface area contributed by atoms with E-state index in [0.717, 1.165) is 17.7 Å².